The Morgan fingerprint density at radius 3 is 2.29 bits per heavy atom. The highest BCUT2D eigenvalue weighted by molar-refractivity contribution is 7.92. The van der Waals surface area contributed by atoms with Crippen molar-refractivity contribution in [1.82, 2.24) is 4.98 Å². The molecule has 2 aromatic rings. The van der Waals surface area contributed by atoms with Gasteiger partial charge < -0.3 is 0 Å². The first-order valence-electron chi connectivity index (χ1n) is 6.84. The normalized spacial score (nSPS) is 14.6. The summed E-state index contributed by atoms with van der Waals surface area (Å²) in [6.07, 6.45) is 2.25. The minimum Gasteiger partial charge on any atom is -0.256 e. The topological polar surface area (TPSA) is 47.0 Å². The summed E-state index contributed by atoms with van der Waals surface area (Å²) >= 11 is 4.27. The molecule has 112 valence electrons. The van der Waals surface area contributed by atoms with E-state index >= 15 is 0 Å². The Labute approximate surface area is 131 Å². The molecular formula is C16H19NO2S2. The highest BCUT2D eigenvalue weighted by Crippen LogP contribution is 2.24. The molecule has 1 heterocycles. The van der Waals surface area contributed by atoms with E-state index in [2.05, 4.69) is 17.6 Å². The van der Waals surface area contributed by atoms with Gasteiger partial charge in [-0.3, -0.25) is 4.98 Å². The van der Waals surface area contributed by atoms with Gasteiger partial charge in [0.15, 0.2) is 9.84 Å². The minimum atomic E-state index is -3.30. The van der Waals surface area contributed by atoms with Gasteiger partial charge in [-0.15, -0.1) is 0 Å². The zero-order valence-electron chi connectivity index (χ0n) is 12.1. The smallest absolute Gasteiger partial charge is 0.180 e. The number of sulfone groups is 1. The molecule has 0 amide bonds. The second-order valence-electron chi connectivity index (χ2n) is 5.18. The number of nitrogens with zero attached hydrogens (tertiary/aromatic N) is 1. The third-order valence-electron chi connectivity index (χ3n) is 3.35. The summed E-state index contributed by atoms with van der Waals surface area (Å²) in [6, 6.07) is 12.6. The Kier molecular flexibility index (Phi) is 5.06. The number of benzene rings is 1. The molecule has 2 unspecified atom stereocenters. The molecule has 0 spiro atoms. The Bertz CT molecular complexity index is 680. The SMILES string of the molecule is CC(S)CC(C)S(=O)(=O)c1ccc(-c2ccccn2)cc1. The summed E-state index contributed by atoms with van der Waals surface area (Å²) in [5.41, 5.74) is 1.74. The minimum absolute atomic E-state index is 0.0579. The fourth-order valence-corrected chi connectivity index (χ4v) is 4.17. The van der Waals surface area contributed by atoms with Crippen LogP contribution in [0.15, 0.2) is 53.6 Å². The Morgan fingerprint density at radius 1 is 1.10 bits per heavy atom. The van der Waals surface area contributed by atoms with Crippen LogP contribution in [0.2, 0.25) is 0 Å². The van der Waals surface area contributed by atoms with E-state index in [9.17, 15) is 8.42 Å². The first-order valence-corrected chi connectivity index (χ1v) is 8.91. The molecule has 0 aliphatic heterocycles. The first-order chi connectivity index (χ1) is 9.91. The number of aromatic nitrogens is 1. The highest BCUT2D eigenvalue weighted by Gasteiger charge is 2.24. The molecule has 2 atom stereocenters. The molecular weight excluding hydrogens is 302 g/mol. The van der Waals surface area contributed by atoms with Gasteiger partial charge in [0, 0.05) is 17.0 Å². The van der Waals surface area contributed by atoms with Gasteiger partial charge >= 0.3 is 0 Å². The molecule has 1 aromatic heterocycles. The molecule has 0 aliphatic carbocycles. The van der Waals surface area contributed by atoms with Crippen LogP contribution in [0.5, 0.6) is 0 Å². The first kappa shape index (κ1) is 16.0. The lowest BCUT2D eigenvalue weighted by Crippen LogP contribution is -2.20. The number of pyridine rings is 1. The number of thiol groups is 1. The maximum Gasteiger partial charge on any atom is 0.180 e. The van der Waals surface area contributed by atoms with Crippen LogP contribution in [0, 0.1) is 0 Å². The van der Waals surface area contributed by atoms with Crippen molar-refractivity contribution in [2.75, 3.05) is 0 Å². The summed E-state index contributed by atoms with van der Waals surface area (Å²) in [5.74, 6) is 0. The second-order valence-corrected chi connectivity index (χ2v) is 8.43. The van der Waals surface area contributed by atoms with Gasteiger partial charge in [-0.05, 0) is 37.6 Å². The highest BCUT2D eigenvalue weighted by atomic mass is 32.2. The van der Waals surface area contributed by atoms with Crippen LogP contribution in [0.3, 0.4) is 0 Å². The zero-order chi connectivity index (χ0) is 15.5. The van der Waals surface area contributed by atoms with E-state index in [0.29, 0.717) is 11.3 Å². The van der Waals surface area contributed by atoms with Crippen molar-refractivity contribution in [3.05, 3.63) is 48.7 Å². The van der Waals surface area contributed by atoms with Crippen LogP contribution in [-0.4, -0.2) is 23.9 Å². The van der Waals surface area contributed by atoms with Crippen molar-refractivity contribution in [1.29, 1.82) is 0 Å². The molecule has 0 fully saturated rings. The third-order valence-corrected chi connectivity index (χ3v) is 5.74. The van der Waals surface area contributed by atoms with Gasteiger partial charge in [-0.1, -0.05) is 25.1 Å². The van der Waals surface area contributed by atoms with Crippen LogP contribution < -0.4 is 0 Å². The molecule has 0 aliphatic rings. The fraction of sp³-hybridized carbons (Fsp3) is 0.312. The Morgan fingerprint density at radius 2 is 1.76 bits per heavy atom. The summed E-state index contributed by atoms with van der Waals surface area (Å²) in [7, 11) is -3.30. The van der Waals surface area contributed by atoms with E-state index in [1.807, 2.05) is 25.1 Å². The standard InChI is InChI=1S/C16H19NO2S2/c1-12(20)11-13(2)21(18,19)15-8-6-14(7-9-15)16-5-3-4-10-17-16/h3-10,12-13,20H,11H2,1-2H3. The average Bonchev–Trinajstić information content (AvgIpc) is 2.47. The summed E-state index contributed by atoms with van der Waals surface area (Å²) in [4.78, 5) is 4.61. The van der Waals surface area contributed by atoms with Crippen LogP contribution in [0.4, 0.5) is 0 Å². The summed E-state index contributed by atoms with van der Waals surface area (Å²) in [6.45, 7) is 3.63. The molecule has 5 heteroatoms. The predicted octanol–water partition coefficient (Wildman–Crippen LogP) is 3.62. The molecule has 3 nitrogen and oxygen atoms in total. The maximum absolute atomic E-state index is 12.5. The van der Waals surface area contributed by atoms with Crippen molar-refractivity contribution >= 4 is 22.5 Å². The van der Waals surface area contributed by atoms with Gasteiger partial charge in [-0.25, -0.2) is 8.42 Å². The van der Waals surface area contributed by atoms with E-state index in [0.717, 1.165) is 11.3 Å². The molecule has 0 N–H and O–H groups in total. The van der Waals surface area contributed by atoms with Crippen molar-refractivity contribution in [2.45, 2.75) is 35.7 Å². The summed E-state index contributed by atoms with van der Waals surface area (Å²) in [5, 5.41) is -0.381. The maximum atomic E-state index is 12.5. The van der Waals surface area contributed by atoms with Gasteiger partial charge in [0.1, 0.15) is 0 Å². The van der Waals surface area contributed by atoms with Gasteiger partial charge in [-0.2, -0.15) is 12.6 Å². The largest absolute Gasteiger partial charge is 0.256 e. The fourth-order valence-electron chi connectivity index (χ4n) is 2.19. The molecule has 0 radical (unpaired) electrons. The van der Waals surface area contributed by atoms with Crippen molar-refractivity contribution in [2.24, 2.45) is 0 Å². The Balaban J connectivity index is 2.27. The van der Waals surface area contributed by atoms with Crippen molar-refractivity contribution in [3.63, 3.8) is 0 Å². The van der Waals surface area contributed by atoms with Crippen LogP contribution in [0.25, 0.3) is 11.3 Å². The average molecular weight is 321 g/mol. The number of hydrogen-bond acceptors (Lipinski definition) is 4. The second kappa shape index (κ2) is 6.62. The third kappa shape index (κ3) is 3.86. The molecule has 21 heavy (non-hydrogen) atoms. The van der Waals surface area contributed by atoms with Crippen molar-refractivity contribution < 1.29 is 8.42 Å². The van der Waals surface area contributed by atoms with E-state index in [1.54, 1.807) is 37.4 Å². The monoisotopic (exact) mass is 321 g/mol. The molecule has 0 bridgehead atoms. The lowest BCUT2D eigenvalue weighted by atomic mass is 10.1. The van der Waals surface area contributed by atoms with E-state index in [1.165, 1.54) is 0 Å². The quantitative estimate of drug-likeness (QED) is 0.856. The van der Waals surface area contributed by atoms with E-state index < -0.39 is 15.1 Å². The van der Waals surface area contributed by atoms with Crippen LogP contribution >= 0.6 is 12.6 Å². The van der Waals surface area contributed by atoms with Crippen LogP contribution in [-0.2, 0) is 9.84 Å². The molecule has 1 aromatic carbocycles. The molecule has 0 saturated carbocycles. The van der Waals surface area contributed by atoms with Gasteiger partial charge in [0.05, 0.1) is 15.8 Å². The molecule has 2 rings (SSSR count). The van der Waals surface area contributed by atoms with E-state index in [4.69, 9.17) is 0 Å². The number of hydrogen-bond donors (Lipinski definition) is 1. The zero-order valence-corrected chi connectivity index (χ0v) is 13.8. The lowest BCUT2D eigenvalue weighted by Gasteiger charge is -2.15. The molecule has 0 saturated heterocycles. The van der Waals surface area contributed by atoms with Crippen molar-refractivity contribution in [3.8, 4) is 11.3 Å². The lowest BCUT2D eigenvalue weighted by molar-refractivity contribution is 0.577. The van der Waals surface area contributed by atoms with E-state index in [-0.39, 0.29) is 5.25 Å². The Hall–Kier alpha value is -1.33. The van der Waals surface area contributed by atoms with Gasteiger partial charge in [0.2, 0.25) is 0 Å². The number of rotatable bonds is 5. The van der Waals surface area contributed by atoms with Gasteiger partial charge in [0.25, 0.3) is 0 Å². The van der Waals surface area contributed by atoms with Crippen LogP contribution in [0.1, 0.15) is 20.3 Å². The predicted molar refractivity (Wildman–Crippen MR) is 89.4 cm³/mol. The summed E-state index contributed by atoms with van der Waals surface area (Å²) < 4.78 is 24.9.